The van der Waals surface area contributed by atoms with Gasteiger partial charge in [0.1, 0.15) is 11.6 Å². The molecule has 0 aromatic heterocycles. The number of imide groups is 1. The van der Waals surface area contributed by atoms with Crippen LogP contribution < -0.4 is 10.2 Å². The van der Waals surface area contributed by atoms with Crippen LogP contribution in [0.3, 0.4) is 0 Å². The monoisotopic (exact) mass is 513 g/mol. The first-order valence-corrected chi connectivity index (χ1v) is 12.0. The largest absolute Gasteiger partial charge is 0.379 e. The molecule has 1 N–H and O–H groups in total. The Hall–Kier alpha value is -3.33. The fourth-order valence-corrected chi connectivity index (χ4v) is 4.15. The summed E-state index contributed by atoms with van der Waals surface area (Å²) in [5.74, 6) is -2.36. The van der Waals surface area contributed by atoms with E-state index in [-0.39, 0.29) is 28.6 Å². The van der Waals surface area contributed by atoms with Crippen molar-refractivity contribution in [3.05, 3.63) is 88.4 Å². The molecular formula is C27H26ClF2N3O3. The second kappa shape index (κ2) is 11.6. The second-order valence-electron chi connectivity index (χ2n) is 8.52. The molecule has 0 saturated carbocycles. The zero-order chi connectivity index (χ0) is 25.7. The zero-order valence-corrected chi connectivity index (χ0v) is 20.5. The van der Waals surface area contributed by atoms with E-state index >= 15 is 0 Å². The first-order chi connectivity index (χ1) is 17.3. The molecule has 1 aliphatic rings. The van der Waals surface area contributed by atoms with Crippen LogP contribution >= 0.6 is 11.6 Å². The van der Waals surface area contributed by atoms with Gasteiger partial charge in [-0.05, 0) is 49.4 Å². The molecule has 4 rings (SSSR count). The molecule has 6 nitrogen and oxygen atoms in total. The van der Waals surface area contributed by atoms with E-state index < -0.39 is 17.5 Å². The van der Waals surface area contributed by atoms with Crippen LogP contribution in [-0.2, 0) is 9.53 Å². The average Bonchev–Trinajstić information content (AvgIpc) is 2.86. The Morgan fingerprint density at radius 3 is 2.42 bits per heavy atom. The van der Waals surface area contributed by atoms with Gasteiger partial charge in [0.05, 0.1) is 35.2 Å². The number of nitrogens with one attached hydrogen (secondary N) is 1. The van der Waals surface area contributed by atoms with Crippen LogP contribution in [0.15, 0.2) is 60.7 Å². The highest BCUT2D eigenvalue weighted by atomic mass is 35.5. The molecule has 3 aromatic carbocycles. The van der Waals surface area contributed by atoms with E-state index in [1.165, 1.54) is 18.2 Å². The fraction of sp³-hybridized carbons (Fsp3) is 0.259. The summed E-state index contributed by atoms with van der Waals surface area (Å²) < 4.78 is 32.6. The molecule has 188 valence electrons. The second-order valence-corrected chi connectivity index (χ2v) is 8.92. The van der Waals surface area contributed by atoms with Gasteiger partial charge in [-0.2, -0.15) is 0 Å². The predicted molar refractivity (Wildman–Crippen MR) is 136 cm³/mol. The number of anilines is 3. The molecule has 9 heteroatoms. The summed E-state index contributed by atoms with van der Waals surface area (Å²) in [5.41, 5.74) is 2.04. The Kier molecular flexibility index (Phi) is 8.30. The predicted octanol–water partition coefficient (Wildman–Crippen LogP) is 5.57. The molecule has 36 heavy (non-hydrogen) atoms. The van der Waals surface area contributed by atoms with Gasteiger partial charge in [0.2, 0.25) is 5.91 Å². The Morgan fingerprint density at radius 2 is 1.75 bits per heavy atom. The third-order valence-corrected chi connectivity index (χ3v) is 6.21. The normalized spacial score (nSPS) is 13.9. The molecule has 0 radical (unpaired) electrons. The van der Waals surface area contributed by atoms with E-state index in [0.29, 0.717) is 31.1 Å². The quantitative estimate of drug-likeness (QED) is 0.448. The van der Waals surface area contributed by atoms with Gasteiger partial charge < -0.3 is 10.1 Å². The number of hydrogen-bond acceptors (Lipinski definition) is 5. The lowest BCUT2D eigenvalue weighted by Crippen LogP contribution is -2.42. The lowest BCUT2D eigenvalue weighted by atomic mass is 10.1. The summed E-state index contributed by atoms with van der Waals surface area (Å²) in [7, 11) is 0. The number of nitrogens with zero attached hydrogens (tertiary/aromatic N) is 2. The van der Waals surface area contributed by atoms with Crippen molar-refractivity contribution in [2.24, 2.45) is 0 Å². The minimum absolute atomic E-state index is 0.0612. The molecule has 1 heterocycles. The number of ether oxygens (including phenoxy) is 1. The lowest BCUT2D eigenvalue weighted by molar-refractivity contribution is -0.118. The van der Waals surface area contributed by atoms with Crippen molar-refractivity contribution in [3.8, 4) is 0 Å². The summed E-state index contributed by atoms with van der Waals surface area (Å²) in [4.78, 5) is 30.1. The lowest BCUT2D eigenvalue weighted by Gasteiger charge is -2.28. The van der Waals surface area contributed by atoms with Crippen molar-refractivity contribution < 1.29 is 23.1 Å². The third kappa shape index (κ3) is 6.26. The Labute approximate surface area is 213 Å². The smallest absolute Gasteiger partial charge is 0.266 e. The van der Waals surface area contributed by atoms with Gasteiger partial charge in [0, 0.05) is 37.8 Å². The SMILES string of the molecule is Cc1ccc(N(C(=O)CCN2CCOCC2)C(=O)c2ccc(Nc3ccc(F)cc3F)cc2Cl)cc1. The van der Waals surface area contributed by atoms with Crippen molar-refractivity contribution in [1.82, 2.24) is 4.90 Å². The van der Waals surface area contributed by atoms with Crippen LogP contribution in [0.2, 0.25) is 5.02 Å². The number of rotatable bonds is 7. The Balaban J connectivity index is 1.56. The van der Waals surface area contributed by atoms with E-state index in [4.69, 9.17) is 16.3 Å². The van der Waals surface area contributed by atoms with E-state index in [2.05, 4.69) is 10.2 Å². The van der Waals surface area contributed by atoms with E-state index in [1.807, 2.05) is 19.1 Å². The first kappa shape index (κ1) is 25.8. The van der Waals surface area contributed by atoms with Gasteiger partial charge in [-0.1, -0.05) is 29.3 Å². The molecule has 0 unspecified atom stereocenters. The summed E-state index contributed by atoms with van der Waals surface area (Å²) in [6.45, 7) is 5.14. The van der Waals surface area contributed by atoms with Gasteiger partial charge in [0.25, 0.3) is 5.91 Å². The molecule has 0 atom stereocenters. The van der Waals surface area contributed by atoms with Crippen molar-refractivity contribution >= 4 is 40.5 Å². The maximum atomic E-state index is 14.0. The molecule has 1 saturated heterocycles. The van der Waals surface area contributed by atoms with Crippen LogP contribution in [0.4, 0.5) is 25.8 Å². The highest BCUT2D eigenvalue weighted by Crippen LogP contribution is 2.28. The van der Waals surface area contributed by atoms with Crippen molar-refractivity contribution in [2.75, 3.05) is 43.1 Å². The minimum atomic E-state index is -0.761. The van der Waals surface area contributed by atoms with Gasteiger partial charge in [-0.25, -0.2) is 13.7 Å². The number of carbonyl (C=O) groups excluding carboxylic acids is 2. The number of halogens is 3. The summed E-state index contributed by atoms with van der Waals surface area (Å²) in [5, 5.41) is 2.91. The van der Waals surface area contributed by atoms with Gasteiger partial charge in [-0.15, -0.1) is 0 Å². The number of hydrogen-bond donors (Lipinski definition) is 1. The van der Waals surface area contributed by atoms with Gasteiger partial charge >= 0.3 is 0 Å². The highest BCUT2D eigenvalue weighted by molar-refractivity contribution is 6.36. The Morgan fingerprint density at radius 1 is 1.03 bits per heavy atom. The van der Waals surface area contributed by atoms with Crippen molar-refractivity contribution in [2.45, 2.75) is 13.3 Å². The third-order valence-electron chi connectivity index (χ3n) is 5.90. The number of morpholine rings is 1. The molecule has 0 spiro atoms. The minimum Gasteiger partial charge on any atom is -0.379 e. The van der Waals surface area contributed by atoms with Crippen LogP contribution in [0.25, 0.3) is 0 Å². The van der Waals surface area contributed by atoms with Crippen molar-refractivity contribution in [3.63, 3.8) is 0 Å². The average molecular weight is 514 g/mol. The summed E-state index contributed by atoms with van der Waals surface area (Å²) in [6, 6.07) is 14.8. The van der Waals surface area contributed by atoms with E-state index in [1.54, 1.807) is 18.2 Å². The standard InChI is InChI=1S/C27H26ClF2N3O3/c1-18-2-6-21(7-3-18)33(26(34)10-11-32-12-14-36-15-13-32)27(35)22-8-5-20(17-23(22)28)31-25-9-4-19(29)16-24(25)30/h2-9,16-17,31H,10-15H2,1H3. The summed E-state index contributed by atoms with van der Waals surface area (Å²) >= 11 is 6.44. The van der Waals surface area contributed by atoms with Crippen molar-refractivity contribution in [1.29, 1.82) is 0 Å². The maximum Gasteiger partial charge on any atom is 0.266 e. The van der Waals surface area contributed by atoms with Gasteiger partial charge in [0.15, 0.2) is 0 Å². The van der Waals surface area contributed by atoms with E-state index in [9.17, 15) is 18.4 Å². The zero-order valence-electron chi connectivity index (χ0n) is 19.8. The molecular weight excluding hydrogens is 488 g/mol. The van der Waals surface area contributed by atoms with E-state index in [0.717, 1.165) is 35.7 Å². The topological polar surface area (TPSA) is 61.9 Å². The van der Waals surface area contributed by atoms with Gasteiger partial charge in [-0.3, -0.25) is 14.5 Å². The molecule has 1 fully saturated rings. The highest BCUT2D eigenvalue weighted by Gasteiger charge is 2.27. The molecule has 1 aliphatic heterocycles. The molecule has 3 aromatic rings. The van der Waals surface area contributed by atoms with Crippen LogP contribution in [0, 0.1) is 18.6 Å². The molecule has 2 amide bonds. The Bertz CT molecular complexity index is 1250. The van der Waals surface area contributed by atoms with Crippen LogP contribution in [0.5, 0.6) is 0 Å². The molecule has 0 bridgehead atoms. The van der Waals surface area contributed by atoms with Crippen LogP contribution in [-0.4, -0.2) is 49.6 Å². The summed E-state index contributed by atoms with van der Waals surface area (Å²) in [6.07, 6.45) is 0.153. The number of amides is 2. The number of carbonyl (C=O) groups is 2. The number of aryl methyl sites for hydroxylation is 1. The maximum absolute atomic E-state index is 14.0. The first-order valence-electron chi connectivity index (χ1n) is 11.6. The number of benzene rings is 3. The van der Waals surface area contributed by atoms with Crippen LogP contribution in [0.1, 0.15) is 22.3 Å². The fourth-order valence-electron chi connectivity index (χ4n) is 3.89. The molecule has 0 aliphatic carbocycles.